The standard InChI is InChI=1S/C21H26N2S/c1-3-4-5-6-7-14-22-18-11-9-17(10-12-18)21-23-19-13-8-16(2)15-20(19)24-21/h8-13,15,22H,3-7,14H2,1-2H3. The molecule has 3 rings (SSSR count). The molecule has 126 valence electrons. The summed E-state index contributed by atoms with van der Waals surface area (Å²) < 4.78 is 1.26. The van der Waals surface area contributed by atoms with Crippen LogP contribution in [-0.2, 0) is 0 Å². The van der Waals surface area contributed by atoms with Gasteiger partial charge in [0.1, 0.15) is 5.01 Å². The number of aryl methyl sites for hydroxylation is 1. The summed E-state index contributed by atoms with van der Waals surface area (Å²) in [7, 11) is 0. The molecule has 0 aliphatic carbocycles. The summed E-state index contributed by atoms with van der Waals surface area (Å²) in [5.74, 6) is 0. The van der Waals surface area contributed by atoms with E-state index in [1.165, 1.54) is 53.6 Å². The lowest BCUT2D eigenvalue weighted by molar-refractivity contribution is 0.645. The number of hydrogen-bond donors (Lipinski definition) is 1. The van der Waals surface area contributed by atoms with Gasteiger partial charge in [0.05, 0.1) is 10.2 Å². The number of nitrogens with one attached hydrogen (secondary N) is 1. The Morgan fingerprint density at radius 1 is 0.958 bits per heavy atom. The Balaban J connectivity index is 1.59. The number of benzene rings is 2. The predicted molar refractivity (Wildman–Crippen MR) is 107 cm³/mol. The highest BCUT2D eigenvalue weighted by Gasteiger charge is 2.06. The molecule has 0 amide bonds. The molecule has 2 aromatic carbocycles. The van der Waals surface area contributed by atoms with E-state index in [9.17, 15) is 0 Å². The molecule has 0 atom stereocenters. The molecule has 1 heterocycles. The third-order valence-corrected chi connectivity index (χ3v) is 5.35. The SMILES string of the molecule is CCCCCCCNc1ccc(-c2nc3ccc(C)cc3s2)cc1. The van der Waals surface area contributed by atoms with Crippen LogP contribution in [0, 0.1) is 6.92 Å². The average Bonchev–Trinajstić information content (AvgIpc) is 3.01. The fourth-order valence-electron chi connectivity index (χ4n) is 2.85. The van der Waals surface area contributed by atoms with E-state index in [1.54, 1.807) is 11.3 Å². The molecule has 0 saturated carbocycles. The fourth-order valence-corrected chi connectivity index (χ4v) is 3.92. The van der Waals surface area contributed by atoms with Crippen molar-refractivity contribution < 1.29 is 0 Å². The number of thiazole rings is 1. The van der Waals surface area contributed by atoms with Gasteiger partial charge in [-0.1, -0.05) is 38.7 Å². The van der Waals surface area contributed by atoms with E-state index in [1.807, 2.05) is 0 Å². The van der Waals surface area contributed by atoms with Crippen molar-refractivity contribution in [2.75, 3.05) is 11.9 Å². The van der Waals surface area contributed by atoms with Crippen LogP contribution >= 0.6 is 11.3 Å². The molecule has 3 aromatic rings. The van der Waals surface area contributed by atoms with E-state index in [0.717, 1.165) is 17.1 Å². The smallest absolute Gasteiger partial charge is 0.124 e. The predicted octanol–water partition coefficient (Wildman–Crippen LogP) is 6.65. The Kier molecular flexibility index (Phi) is 5.86. The van der Waals surface area contributed by atoms with Crippen molar-refractivity contribution in [3.05, 3.63) is 48.0 Å². The zero-order valence-corrected chi connectivity index (χ0v) is 15.5. The largest absolute Gasteiger partial charge is 0.385 e. The zero-order chi connectivity index (χ0) is 16.8. The van der Waals surface area contributed by atoms with Gasteiger partial charge < -0.3 is 5.32 Å². The Bertz CT molecular complexity index is 774. The number of rotatable bonds is 8. The first-order valence-corrected chi connectivity index (χ1v) is 9.79. The first-order valence-electron chi connectivity index (χ1n) is 8.98. The van der Waals surface area contributed by atoms with Gasteiger partial charge in [-0.25, -0.2) is 4.98 Å². The summed E-state index contributed by atoms with van der Waals surface area (Å²) in [5.41, 5.74) is 4.78. The van der Waals surface area contributed by atoms with Gasteiger partial charge in [0, 0.05) is 17.8 Å². The Hall–Kier alpha value is -1.87. The minimum Gasteiger partial charge on any atom is -0.385 e. The quantitative estimate of drug-likeness (QED) is 0.465. The molecule has 24 heavy (non-hydrogen) atoms. The molecule has 0 aliphatic rings. The molecule has 0 saturated heterocycles. The molecule has 0 aliphatic heterocycles. The van der Waals surface area contributed by atoms with Gasteiger partial charge in [-0.05, 0) is 55.3 Å². The van der Waals surface area contributed by atoms with Crippen LogP contribution in [-0.4, -0.2) is 11.5 Å². The van der Waals surface area contributed by atoms with Gasteiger partial charge in [-0.2, -0.15) is 0 Å². The maximum Gasteiger partial charge on any atom is 0.124 e. The maximum absolute atomic E-state index is 4.76. The molecule has 3 heteroatoms. The van der Waals surface area contributed by atoms with Crippen LogP contribution in [0.2, 0.25) is 0 Å². The molecule has 1 aromatic heterocycles. The summed E-state index contributed by atoms with van der Waals surface area (Å²) in [6.07, 6.45) is 6.59. The maximum atomic E-state index is 4.76. The second kappa shape index (κ2) is 8.29. The summed E-state index contributed by atoms with van der Waals surface area (Å²) in [6, 6.07) is 15.1. The van der Waals surface area contributed by atoms with Crippen LogP contribution in [0.5, 0.6) is 0 Å². The lowest BCUT2D eigenvalue weighted by atomic mass is 10.1. The van der Waals surface area contributed by atoms with Crippen molar-refractivity contribution in [1.29, 1.82) is 0 Å². The van der Waals surface area contributed by atoms with Crippen LogP contribution < -0.4 is 5.32 Å². The molecule has 0 unspecified atom stereocenters. The number of fused-ring (bicyclic) bond motifs is 1. The van der Waals surface area contributed by atoms with Gasteiger partial charge in [0.25, 0.3) is 0 Å². The van der Waals surface area contributed by atoms with E-state index in [-0.39, 0.29) is 0 Å². The first kappa shape index (κ1) is 17.0. The van der Waals surface area contributed by atoms with Crippen LogP contribution in [0.4, 0.5) is 5.69 Å². The molecule has 0 radical (unpaired) electrons. The summed E-state index contributed by atoms with van der Waals surface area (Å²) >= 11 is 1.77. The molecular formula is C21H26N2S. The van der Waals surface area contributed by atoms with Crippen molar-refractivity contribution in [2.45, 2.75) is 46.0 Å². The molecule has 1 N–H and O–H groups in total. The Morgan fingerprint density at radius 3 is 2.54 bits per heavy atom. The van der Waals surface area contributed by atoms with Crippen molar-refractivity contribution >= 4 is 27.2 Å². The highest BCUT2D eigenvalue weighted by Crippen LogP contribution is 2.31. The number of hydrogen-bond acceptors (Lipinski definition) is 3. The zero-order valence-electron chi connectivity index (χ0n) is 14.6. The van der Waals surface area contributed by atoms with Crippen LogP contribution in [0.3, 0.4) is 0 Å². The number of aromatic nitrogens is 1. The van der Waals surface area contributed by atoms with Crippen molar-refractivity contribution in [2.24, 2.45) is 0 Å². The van der Waals surface area contributed by atoms with E-state index in [0.29, 0.717) is 0 Å². The van der Waals surface area contributed by atoms with Crippen molar-refractivity contribution in [1.82, 2.24) is 4.98 Å². The third kappa shape index (κ3) is 4.35. The Labute approximate surface area is 148 Å². The molecule has 2 nitrogen and oxygen atoms in total. The normalized spacial score (nSPS) is 11.1. The van der Waals surface area contributed by atoms with E-state index in [2.05, 4.69) is 61.6 Å². The molecule has 0 bridgehead atoms. The molecule has 0 spiro atoms. The third-order valence-electron chi connectivity index (χ3n) is 4.29. The van der Waals surface area contributed by atoms with E-state index in [4.69, 9.17) is 4.98 Å². The van der Waals surface area contributed by atoms with E-state index >= 15 is 0 Å². The van der Waals surface area contributed by atoms with Crippen LogP contribution in [0.25, 0.3) is 20.8 Å². The van der Waals surface area contributed by atoms with Gasteiger partial charge in [0.2, 0.25) is 0 Å². The molecular weight excluding hydrogens is 312 g/mol. The van der Waals surface area contributed by atoms with Crippen LogP contribution in [0.1, 0.15) is 44.6 Å². The minimum atomic E-state index is 1.06. The fraction of sp³-hybridized carbons (Fsp3) is 0.381. The highest BCUT2D eigenvalue weighted by atomic mass is 32.1. The van der Waals surface area contributed by atoms with Crippen molar-refractivity contribution in [3.8, 4) is 10.6 Å². The summed E-state index contributed by atoms with van der Waals surface area (Å²) in [5, 5.41) is 4.62. The van der Waals surface area contributed by atoms with E-state index < -0.39 is 0 Å². The number of anilines is 1. The van der Waals surface area contributed by atoms with Gasteiger partial charge in [0.15, 0.2) is 0 Å². The Morgan fingerprint density at radius 2 is 1.75 bits per heavy atom. The average molecular weight is 339 g/mol. The lowest BCUT2D eigenvalue weighted by Crippen LogP contribution is -2.01. The second-order valence-electron chi connectivity index (χ2n) is 6.41. The summed E-state index contributed by atoms with van der Waals surface area (Å²) in [6.45, 7) is 5.44. The van der Waals surface area contributed by atoms with Crippen LogP contribution in [0.15, 0.2) is 42.5 Å². The topological polar surface area (TPSA) is 24.9 Å². The van der Waals surface area contributed by atoms with Gasteiger partial charge in [-0.15, -0.1) is 11.3 Å². The second-order valence-corrected chi connectivity index (χ2v) is 7.44. The van der Waals surface area contributed by atoms with Gasteiger partial charge >= 0.3 is 0 Å². The highest BCUT2D eigenvalue weighted by molar-refractivity contribution is 7.21. The monoisotopic (exact) mass is 338 g/mol. The van der Waals surface area contributed by atoms with Gasteiger partial charge in [-0.3, -0.25) is 0 Å². The first-order chi connectivity index (χ1) is 11.8. The number of nitrogens with zero attached hydrogens (tertiary/aromatic N) is 1. The molecule has 0 fully saturated rings. The lowest BCUT2D eigenvalue weighted by Gasteiger charge is -2.06. The minimum absolute atomic E-state index is 1.06. The summed E-state index contributed by atoms with van der Waals surface area (Å²) in [4.78, 5) is 4.76. The number of unbranched alkanes of at least 4 members (excludes halogenated alkanes) is 4. The van der Waals surface area contributed by atoms with Crippen molar-refractivity contribution in [3.63, 3.8) is 0 Å².